The van der Waals surface area contributed by atoms with Gasteiger partial charge >= 0.3 is 0 Å². The molecule has 0 N–H and O–H groups in total. The Kier molecular flexibility index (Phi) is 5.01. The highest BCUT2D eigenvalue weighted by Crippen LogP contribution is 2.23. The van der Waals surface area contributed by atoms with Crippen LogP contribution in [0.2, 0.25) is 0 Å². The molecule has 0 atom stereocenters. The molecule has 0 aliphatic heterocycles. The van der Waals surface area contributed by atoms with Gasteiger partial charge in [-0.1, -0.05) is 34.1 Å². The fourth-order valence-corrected chi connectivity index (χ4v) is 2.08. The van der Waals surface area contributed by atoms with Crippen LogP contribution in [0.5, 0.6) is 0 Å². The monoisotopic (exact) mass is 364 g/mol. The number of benzene rings is 3. The van der Waals surface area contributed by atoms with Gasteiger partial charge in [0.2, 0.25) is 0 Å². The normalized spacial score (nSPS) is 11.3. The fraction of sp³-hybridized carbons (Fsp3) is 0. The molecule has 0 fully saturated rings. The number of nitrogens with zero attached hydrogens (tertiary/aromatic N) is 4. The topological polar surface area (TPSA) is 49.4 Å². The minimum absolute atomic E-state index is 0.770. The highest BCUT2D eigenvalue weighted by Gasteiger charge is 1.94. The van der Waals surface area contributed by atoms with Crippen molar-refractivity contribution in [2.45, 2.75) is 0 Å². The summed E-state index contributed by atoms with van der Waals surface area (Å²) >= 11 is 3.39. The van der Waals surface area contributed by atoms with Gasteiger partial charge in [-0.05, 0) is 60.7 Å². The van der Waals surface area contributed by atoms with Gasteiger partial charge in [-0.2, -0.15) is 20.5 Å². The van der Waals surface area contributed by atoms with Gasteiger partial charge in [0.25, 0.3) is 0 Å². The molecule has 3 aromatic carbocycles. The van der Waals surface area contributed by atoms with E-state index in [-0.39, 0.29) is 0 Å². The summed E-state index contributed by atoms with van der Waals surface area (Å²) in [5.74, 6) is 0. The van der Waals surface area contributed by atoms with E-state index < -0.39 is 0 Å². The van der Waals surface area contributed by atoms with Crippen molar-refractivity contribution in [1.29, 1.82) is 0 Å². The Hall–Kier alpha value is -2.66. The van der Waals surface area contributed by atoms with Gasteiger partial charge in [0.1, 0.15) is 0 Å². The Morgan fingerprint density at radius 1 is 0.435 bits per heavy atom. The summed E-state index contributed by atoms with van der Waals surface area (Å²) in [6.45, 7) is 0. The summed E-state index contributed by atoms with van der Waals surface area (Å²) in [6.07, 6.45) is 0. The second kappa shape index (κ2) is 7.56. The van der Waals surface area contributed by atoms with Crippen LogP contribution < -0.4 is 0 Å². The van der Waals surface area contributed by atoms with E-state index in [1.54, 1.807) is 0 Å². The van der Waals surface area contributed by atoms with Crippen molar-refractivity contribution in [3.8, 4) is 0 Å². The molecule has 0 aromatic heterocycles. The third-order valence-electron chi connectivity index (χ3n) is 2.99. The Morgan fingerprint density at radius 2 is 0.783 bits per heavy atom. The molecule has 0 amide bonds. The maximum absolute atomic E-state index is 4.20. The lowest BCUT2D eigenvalue weighted by Crippen LogP contribution is -1.67. The molecule has 0 bridgehead atoms. The minimum atomic E-state index is 0.770. The Bertz CT molecular complexity index is 810. The summed E-state index contributed by atoms with van der Waals surface area (Å²) in [5, 5.41) is 16.8. The SMILES string of the molecule is Brc1ccc(/N=N/c2ccc(/N=N/c3ccccc3)cc2)cc1. The van der Waals surface area contributed by atoms with Crippen LogP contribution in [-0.2, 0) is 0 Å². The first-order valence-corrected chi connectivity index (χ1v) is 7.83. The summed E-state index contributed by atoms with van der Waals surface area (Å²) < 4.78 is 1.02. The minimum Gasteiger partial charge on any atom is -0.151 e. The quantitative estimate of drug-likeness (QED) is 0.436. The Balaban J connectivity index is 1.67. The van der Waals surface area contributed by atoms with E-state index in [2.05, 4.69) is 36.4 Å². The zero-order chi connectivity index (χ0) is 15.9. The lowest BCUT2D eigenvalue weighted by Gasteiger charge is -1.95. The third kappa shape index (κ3) is 4.66. The van der Waals surface area contributed by atoms with E-state index in [1.165, 1.54) is 0 Å². The van der Waals surface area contributed by atoms with Gasteiger partial charge in [-0.25, -0.2) is 0 Å². The van der Waals surface area contributed by atoms with E-state index in [0.29, 0.717) is 0 Å². The highest BCUT2D eigenvalue weighted by molar-refractivity contribution is 9.10. The highest BCUT2D eigenvalue weighted by atomic mass is 79.9. The average Bonchev–Trinajstić information content (AvgIpc) is 2.61. The Labute approximate surface area is 142 Å². The molecule has 0 aliphatic rings. The summed E-state index contributed by atoms with van der Waals surface area (Å²) in [6, 6.07) is 24.7. The summed E-state index contributed by atoms with van der Waals surface area (Å²) in [7, 11) is 0. The molecule has 0 aliphatic carbocycles. The number of hydrogen-bond acceptors (Lipinski definition) is 4. The van der Waals surface area contributed by atoms with Crippen LogP contribution in [0.4, 0.5) is 22.7 Å². The summed E-state index contributed by atoms with van der Waals surface area (Å²) in [5.41, 5.74) is 3.18. The molecule has 4 nitrogen and oxygen atoms in total. The van der Waals surface area contributed by atoms with E-state index in [0.717, 1.165) is 27.2 Å². The molecule has 0 unspecified atom stereocenters. The molecule has 0 spiro atoms. The van der Waals surface area contributed by atoms with Crippen LogP contribution in [0.15, 0.2) is 104 Å². The van der Waals surface area contributed by atoms with Crippen LogP contribution in [0, 0.1) is 0 Å². The van der Waals surface area contributed by atoms with E-state index >= 15 is 0 Å². The van der Waals surface area contributed by atoms with Gasteiger partial charge in [-0.3, -0.25) is 0 Å². The number of azo groups is 2. The van der Waals surface area contributed by atoms with Crippen LogP contribution in [0.25, 0.3) is 0 Å². The first-order valence-electron chi connectivity index (χ1n) is 7.04. The lowest BCUT2D eigenvalue weighted by molar-refractivity contribution is 1.21. The molecule has 0 saturated heterocycles. The van der Waals surface area contributed by atoms with Crippen molar-refractivity contribution in [1.82, 2.24) is 0 Å². The second-order valence-electron chi connectivity index (χ2n) is 4.73. The molecule has 3 rings (SSSR count). The third-order valence-corrected chi connectivity index (χ3v) is 3.52. The second-order valence-corrected chi connectivity index (χ2v) is 5.64. The van der Waals surface area contributed by atoms with E-state index in [1.807, 2.05) is 78.9 Å². The molecular weight excluding hydrogens is 352 g/mol. The predicted octanol–water partition coefficient (Wildman–Crippen LogP) is 7.28. The molecule has 5 heteroatoms. The molecule has 0 radical (unpaired) electrons. The maximum atomic E-state index is 4.20. The van der Waals surface area contributed by atoms with Gasteiger partial charge in [-0.15, -0.1) is 0 Å². The molecule has 0 saturated carbocycles. The van der Waals surface area contributed by atoms with Gasteiger partial charge < -0.3 is 0 Å². The van der Waals surface area contributed by atoms with Crippen LogP contribution in [0.1, 0.15) is 0 Å². The standard InChI is InChI=1S/C18H13BrN4/c19-14-6-8-16(9-7-14)21-23-18-12-10-17(11-13-18)22-20-15-4-2-1-3-5-15/h1-13H/b22-20+,23-21+. The molecular formula is C18H13BrN4. The zero-order valence-electron chi connectivity index (χ0n) is 12.2. The van der Waals surface area contributed by atoms with Crippen molar-refractivity contribution in [3.05, 3.63) is 83.3 Å². The van der Waals surface area contributed by atoms with Crippen molar-refractivity contribution in [2.24, 2.45) is 20.5 Å². The zero-order valence-corrected chi connectivity index (χ0v) is 13.8. The van der Waals surface area contributed by atoms with Crippen molar-refractivity contribution in [2.75, 3.05) is 0 Å². The fourth-order valence-electron chi connectivity index (χ4n) is 1.82. The van der Waals surface area contributed by atoms with Crippen molar-refractivity contribution >= 4 is 38.7 Å². The first-order chi connectivity index (χ1) is 11.3. The molecule has 112 valence electrons. The predicted molar refractivity (Wildman–Crippen MR) is 95.4 cm³/mol. The largest absolute Gasteiger partial charge is 0.151 e. The molecule has 23 heavy (non-hydrogen) atoms. The van der Waals surface area contributed by atoms with Crippen LogP contribution >= 0.6 is 15.9 Å². The number of hydrogen-bond donors (Lipinski definition) is 0. The smallest absolute Gasteiger partial charge is 0.0858 e. The Morgan fingerprint density at radius 3 is 1.22 bits per heavy atom. The van der Waals surface area contributed by atoms with Crippen LogP contribution in [-0.4, -0.2) is 0 Å². The van der Waals surface area contributed by atoms with E-state index in [4.69, 9.17) is 0 Å². The molecule has 0 heterocycles. The van der Waals surface area contributed by atoms with Crippen molar-refractivity contribution < 1.29 is 0 Å². The van der Waals surface area contributed by atoms with Gasteiger partial charge in [0, 0.05) is 4.47 Å². The van der Waals surface area contributed by atoms with E-state index in [9.17, 15) is 0 Å². The number of halogens is 1. The van der Waals surface area contributed by atoms with Gasteiger partial charge in [0.05, 0.1) is 22.7 Å². The van der Waals surface area contributed by atoms with Gasteiger partial charge in [0.15, 0.2) is 0 Å². The summed E-state index contributed by atoms with van der Waals surface area (Å²) in [4.78, 5) is 0. The number of rotatable bonds is 4. The average molecular weight is 365 g/mol. The lowest BCUT2D eigenvalue weighted by atomic mass is 10.3. The first kappa shape index (κ1) is 15.2. The molecule has 3 aromatic rings. The van der Waals surface area contributed by atoms with Crippen LogP contribution in [0.3, 0.4) is 0 Å². The van der Waals surface area contributed by atoms with Crippen molar-refractivity contribution in [3.63, 3.8) is 0 Å². The maximum Gasteiger partial charge on any atom is 0.0858 e.